The van der Waals surface area contributed by atoms with Crippen LogP contribution in [-0.2, 0) is 33.2 Å². The van der Waals surface area contributed by atoms with Crippen LogP contribution in [0.25, 0.3) is 0 Å². The molecule has 1 rings (SSSR count). The Balaban J connectivity index is 3.75. The quantitative estimate of drug-likeness (QED) is 0.0155. The summed E-state index contributed by atoms with van der Waals surface area (Å²) in [6.45, 7) is -5.14. The van der Waals surface area contributed by atoms with Crippen molar-refractivity contribution in [2.75, 3.05) is 52.8 Å². The van der Waals surface area contributed by atoms with Gasteiger partial charge in [-0.05, 0) is 25.8 Å². The monoisotopic (exact) mass is 1080 g/mol. The fourth-order valence-corrected chi connectivity index (χ4v) is 6.19. The fraction of sp³-hybridized carbons (Fsp3) is 0.756. The van der Waals surface area contributed by atoms with E-state index in [9.17, 15) is 117 Å². The Morgan fingerprint density at radius 1 is 0.452 bits per heavy atom. The van der Waals surface area contributed by atoms with Gasteiger partial charge in [-0.25, -0.2) is 0 Å². The summed E-state index contributed by atoms with van der Waals surface area (Å²) in [6.07, 6.45) is -37.2. The van der Waals surface area contributed by atoms with Crippen LogP contribution >= 0.6 is 0 Å². The lowest BCUT2D eigenvalue weighted by molar-refractivity contribution is -0.183. The molecule has 0 aromatic rings. The highest BCUT2D eigenvalue weighted by Crippen LogP contribution is 2.33. The maximum Gasteiger partial charge on any atom is 0.259 e. The van der Waals surface area contributed by atoms with Gasteiger partial charge in [0.05, 0.1) is 13.2 Å². The molecule has 14 unspecified atom stereocenters. The van der Waals surface area contributed by atoms with Gasteiger partial charge in [0.15, 0.2) is 40.3 Å². The van der Waals surface area contributed by atoms with Crippen molar-refractivity contribution < 1.29 is 156 Å². The second kappa shape index (κ2) is 34.4. The summed E-state index contributed by atoms with van der Waals surface area (Å²) in [5.74, 6) is -14.4. The Morgan fingerprint density at radius 3 is 1.25 bits per heavy atom. The molecule has 0 aliphatic carbocycles. The summed E-state index contributed by atoms with van der Waals surface area (Å²) in [4.78, 5) is 0. The molecule has 1 aliphatic heterocycles. The lowest BCUT2D eigenvalue weighted by Crippen LogP contribution is -2.45. The molecule has 15 atom stereocenters. The van der Waals surface area contributed by atoms with Gasteiger partial charge in [0.25, 0.3) is 18.9 Å². The molecule has 0 amide bonds. The number of aliphatic hydroxyl groups excluding tert-OH is 24. The van der Waals surface area contributed by atoms with Crippen molar-refractivity contribution >= 4 is 0 Å². The standard InChI is InChI=1S/C41H73NO31/c42-9-2-1-3-15-67-36(62)25(57)33(21(53)8-14-47)72-41-29(61)35(34(73-41)22(54)16-48)71-40(66)28(60)32(20(52)7-13-46)70-39(65)27(59)31(19(51)6-12-45)69-38(64)26(58)30(18(50)5-11-44)68-37(63)24(56)23(55)17(49)4-10-43/h17-22,29,34-41,43-66H,1-16,42H2/b24-23-,30-26+,31-27-,32-28+,33-25+/t17?,18?,19?,20?,21?,22-,29?,34?,35?,36?,37?,38?,39?,40?,41?/m1/s1. The zero-order valence-corrected chi connectivity index (χ0v) is 39.1. The molecule has 0 saturated carbocycles. The van der Waals surface area contributed by atoms with E-state index in [-0.39, 0.29) is 6.61 Å². The third kappa shape index (κ3) is 20.5. The minimum Gasteiger partial charge on any atom is -0.506 e. The Morgan fingerprint density at radius 2 is 0.836 bits per heavy atom. The molecule has 0 radical (unpaired) electrons. The van der Waals surface area contributed by atoms with Crippen molar-refractivity contribution in [1.29, 1.82) is 0 Å². The topological polar surface area (TPSA) is 576 Å². The van der Waals surface area contributed by atoms with Crippen LogP contribution < -0.4 is 5.73 Å². The van der Waals surface area contributed by atoms with Gasteiger partial charge in [-0.15, -0.1) is 0 Å². The smallest absolute Gasteiger partial charge is 0.259 e. The summed E-state index contributed by atoms with van der Waals surface area (Å²) >= 11 is 0. The molecular formula is C41H73NO31. The van der Waals surface area contributed by atoms with Crippen molar-refractivity contribution in [3.63, 3.8) is 0 Å². The summed E-state index contributed by atoms with van der Waals surface area (Å²) in [5, 5.41) is 248. The predicted octanol–water partition coefficient (Wildman–Crippen LogP) is -7.26. The zero-order chi connectivity index (χ0) is 55.7. The molecule has 0 bridgehead atoms. The van der Waals surface area contributed by atoms with Gasteiger partial charge in [-0.2, -0.15) is 0 Å². The van der Waals surface area contributed by atoms with Crippen molar-refractivity contribution in [3.05, 3.63) is 57.6 Å². The third-order valence-electron chi connectivity index (χ3n) is 10.1. The zero-order valence-electron chi connectivity index (χ0n) is 39.1. The van der Waals surface area contributed by atoms with E-state index in [1.807, 2.05) is 0 Å². The molecular weight excluding hydrogens is 1000 g/mol. The first kappa shape index (κ1) is 66.8. The molecule has 1 fully saturated rings. The second-order valence-corrected chi connectivity index (χ2v) is 15.7. The van der Waals surface area contributed by atoms with E-state index in [1.165, 1.54) is 0 Å². The Hall–Kier alpha value is -4.18. The predicted molar refractivity (Wildman–Crippen MR) is 235 cm³/mol. The largest absolute Gasteiger partial charge is 0.506 e. The molecule has 428 valence electrons. The van der Waals surface area contributed by atoms with Crippen LogP contribution in [0, 0.1) is 0 Å². The van der Waals surface area contributed by atoms with Gasteiger partial charge in [0.2, 0.25) is 36.1 Å². The van der Waals surface area contributed by atoms with Gasteiger partial charge >= 0.3 is 0 Å². The van der Waals surface area contributed by atoms with Crippen LogP contribution in [0.15, 0.2) is 57.6 Å². The molecule has 26 N–H and O–H groups in total. The molecule has 32 heteroatoms. The highest BCUT2D eigenvalue weighted by Gasteiger charge is 2.51. The number of aliphatic hydroxyl groups is 24. The molecule has 1 saturated heterocycles. The van der Waals surface area contributed by atoms with Gasteiger partial charge in [0.1, 0.15) is 54.9 Å². The molecule has 73 heavy (non-hydrogen) atoms. The maximum absolute atomic E-state index is 11.2. The molecule has 1 aliphatic rings. The highest BCUT2D eigenvalue weighted by atomic mass is 16.7. The lowest BCUT2D eigenvalue weighted by Gasteiger charge is -2.28. The average molecular weight is 1080 g/mol. The van der Waals surface area contributed by atoms with Crippen molar-refractivity contribution in [2.45, 2.75) is 144 Å². The number of unbranched alkanes of at least 4 members (excludes halogenated alkanes) is 2. The van der Waals surface area contributed by atoms with Crippen LogP contribution in [0.5, 0.6) is 0 Å². The summed E-state index contributed by atoms with van der Waals surface area (Å²) in [7, 11) is 0. The van der Waals surface area contributed by atoms with Crippen molar-refractivity contribution in [2.24, 2.45) is 5.73 Å². The van der Waals surface area contributed by atoms with Crippen LogP contribution in [0.2, 0.25) is 0 Å². The number of hydrogen-bond donors (Lipinski definition) is 25. The minimum absolute atomic E-state index is 0.131. The molecule has 0 aromatic heterocycles. The van der Waals surface area contributed by atoms with Crippen molar-refractivity contribution in [3.8, 4) is 0 Å². The number of rotatable bonds is 38. The first-order valence-corrected chi connectivity index (χ1v) is 22.4. The average Bonchev–Trinajstić information content (AvgIpc) is 3.66. The second-order valence-electron chi connectivity index (χ2n) is 15.7. The van der Waals surface area contributed by atoms with Gasteiger partial charge in [0, 0.05) is 65.1 Å². The van der Waals surface area contributed by atoms with E-state index in [4.69, 9.17) is 44.0 Å². The minimum atomic E-state index is -3.04. The number of hydrogen-bond acceptors (Lipinski definition) is 32. The van der Waals surface area contributed by atoms with E-state index in [0.717, 1.165) is 0 Å². The van der Waals surface area contributed by atoms with E-state index in [1.54, 1.807) is 0 Å². The van der Waals surface area contributed by atoms with Crippen LogP contribution in [0.3, 0.4) is 0 Å². The molecule has 0 aromatic carbocycles. The summed E-state index contributed by atoms with van der Waals surface area (Å²) in [5.41, 5.74) is 5.44. The van der Waals surface area contributed by atoms with Gasteiger partial charge < -0.3 is 161 Å². The first-order chi connectivity index (χ1) is 34.4. The fourth-order valence-electron chi connectivity index (χ4n) is 6.19. The summed E-state index contributed by atoms with van der Waals surface area (Å²) < 4.78 is 36.2. The maximum atomic E-state index is 11.2. The normalized spacial score (nSPS) is 23.7. The van der Waals surface area contributed by atoms with Crippen molar-refractivity contribution in [1.82, 2.24) is 0 Å². The SMILES string of the molecule is NCCCCCOC(O)/C(O)=C(\OC1OC([C@H](O)CO)C(OC(O)/C(O)=C(\OC(O)/C(O)=C(/OC(O)/C(O)=C(\OC(O)/C(O)=C(/O)C(O)CCO)C(O)CCO)C(O)CCO)C(O)CCO)C1O)C(O)CCO. The molecule has 32 nitrogen and oxygen atoms in total. The first-order valence-electron chi connectivity index (χ1n) is 22.4. The van der Waals surface area contributed by atoms with E-state index < -0.39 is 222 Å². The Bertz CT molecular complexity index is 1750. The van der Waals surface area contributed by atoms with E-state index >= 15 is 0 Å². The molecule has 0 spiro atoms. The number of nitrogens with two attached hydrogens (primary N) is 1. The van der Waals surface area contributed by atoms with Crippen LogP contribution in [-0.4, -0.2) is 268 Å². The van der Waals surface area contributed by atoms with Gasteiger partial charge in [-0.3, -0.25) is 0 Å². The lowest BCUT2D eigenvalue weighted by atomic mass is 10.1. The molecule has 1 heterocycles. The van der Waals surface area contributed by atoms with Gasteiger partial charge in [-0.1, -0.05) is 0 Å². The van der Waals surface area contributed by atoms with E-state index in [2.05, 4.69) is 0 Å². The summed E-state index contributed by atoms with van der Waals surface area (Å²) in [6, 6.07) is 0. The Labute approximate surface area is 415 Å². The Kier molecular flexibility index (Phi) is 31.5. The third-order valence-corrected chi connectivity index (χ3v) is 10.1. The van der Waals surface area contributed by atoms with E-state index in [0.29, 0.717) is 25.8 Å². The van der Waals surface area contributed by atoms with Crippen LogP contribution in [0.1, 0.15) is 51.4 Å². The highest BCUT2D eigenvalue weighted by molar-refractivity contribution is 5.16. The number of ether oxygens (including phenoxy) is 7. The van der Waals surface area contributed by atoms with Crippen LogP contribution in [0.4, 0.5) is 0 Å².